The molecule has 2 N–H and O–H groups in total. The lowest BCUT2D eigenvalue weighted by Crippen LogP contribution is -2.08. The van der Waals surface area contributed by atoms with Gasteiger partial charge in [0.25, 0.3) is 5.24 Å². The summed E-state index contributed by atoms with van der Waals surface area (Å²) in [6.45, 7) is 4.08. The molecule has 0 bridgehead atoms. The molecule has 3 rings (SSSR count). The molecule has 0 aliphatic rings. The van der Waals surface area contributed by atoms with Gasteiger partial charge in [-0.25, -0.2) is 0 Å². The molecule has 112 valence electrons. The maximum absolute atomic E-state index is 12.7. The Hall–Kier alpha value is -2.40. The molecule has 22 heavy (non-hydrogen) atoms. The number of nitrogens with two attached hydrogens (primary N) is 1. The van der Waals surface area contributed by atoms with E-state index in [0.29, 0.717) is 11.0 Å². The van der Waals surface area contributed by atoms with Gasteiger partial charge in [0.2, 0.25) is 11.1 Å². The molecule has 5 nitrogen and oxygen atoms in total. The highest BCUT2D eigenvalue weighted by Gasteiger charge is 2.16. The van der Waals surface area contributed by atoms with Gasteiger partial charge in [0.05, 0.1) is 16.3 Å². The topological polar surface area (TPSA) is 86.2 Å². The third-order valence-corrected chi connectivity index (χ3v) is 3.80. The van der Waals surface area contributed by atoms with Crippen LogP contribution < -0.4 is 11.2 Å². The number of pyridine rings is 1. The summed E-state index contributed by atoms with van der Waals surface area (Å²) >= 11 is 5.45. The number of rotatable bonds is 2. The molecule has 0 atom stereocenters. The number of nitrogens with zero attached hydrogens (tertiary/aromatic N) is 1. The minimum absolute atomic E-state index is 0.000769. The summed E-state index contributed by atoms with van der Waals surface area (Å²) in [5.41, 5.74) is 6.95. The number of halogens is 1. The summed E-state index contributed by atoms with van der Waals surface area (Å²) in [5, 5.41) is -0.132. The van der Waals surface area contributed by atoms with Gasteiger partial charge in [0.15, 0.2) is 0 Å². The first-order valence-electron chi connectivity index (χ1n) is 6.75. The van der Waals surface area contributed by atoms with E-state index in [9.17, 15) is 9.59 Å². The van der Waals surface area contributed by atoms with Crippen LogP contribution in [0.15, 0.2) is 33.5 Å². The van der Waals surface area contributed by atoms with Crippen LogP contribution in [0.1, 0.15) is 35.7 Å². The Morgan fingerprint density at radius 2 is 2.00 bits per heavy atom. The predicted molar refractivity (Wildman–Crippen MR) is 86.5 cm³/mol. The molecular formula is C16H13ClN2O3. The van der Waals surface area contributed by atoms with Gasteiger partial charge in [0, 0.05) is 0 Å². The van der Waals surface area contributed by atoms with Gasteiger partial charge < -0.3 is 10.2 Å². The molecule has 0 aliphatic heterocycles. The highest BCUT2D eigenvalue weighted by atomic mass is 35.5. The van der Waals surface area contributed by atoms with Crippen molar-refractivity contribution in [1.29, 1.82) is 0 Å². The molecule has 0 spiro atoms. The van der Waals surface area contributed by atoms with E-state index in [1.165, 1.54) is 6.07 Å². The van der Waals surface area contributed by atoms with Crippen LogP contribution in [0.3, 0.4) is 0 Å². The Morgan fingerprint density at radius 1 is 1.27 bits per heavy atom. The molecule has 0 aliphatic carbocycles. The number of benzene rings is 1. The summed E-state index contributed by atoms with van der Waals surface area (Å²) in [6.07, 6.45) is 0. The maximum Gasteiger partial charge on any atom is 0.256 e. The zero-order chi connectivity index (χ0) is 16.0. The number of carbonyl (C=O) groups excluding carboxylic acids is 1. The molecule has 2 aromatic heterocycles. The predicted octanol–water partition coefficient (Wildman–Crippen LogP) is 3.43. The van der Waals surface area contributed by atoms with Gasteiger partial charge in [-0.05, 0) is 41.3 Å². The lowest BCUT2D eigenvalue weighted by Gasteiger charge is -2.07. The van der Waals surface area contributed by atoms with Crippen LogP contribution in [-0.4, -0.2) is 10.2 Å². The van der Waals surface area contributed by atoms with Gasteiger partial charge in [-0.2, -0.15) is 4.98 Å². The molecule has 0 fully saturated rings. The first kappa shape index (κ1) is 14.5. The van der Waals surface area contributed by atoms with Crippen LogP contribution in [0, 0.1) is 0 Å². The molecular weight excluding hydrogens is 304 g/mol. The lowest BCUT2D eigenvalue weighted by atomic mass is 10.0. The standard InChI is InChI=1S/C16H13ClN2O3/c1-7(2)8-3-4-12-9(5-8)13(20)10-6-11(14(17)21)15(18)19-16(10)22-12/h3-7H,1-2H3,(H2,18,19). The Kier molecular flexibility index (Phi) is 3.37. The van der Waals surface area contributed by atoms with Crippen molar-refractivity contribution in [1.82, 2.24) is 4.98 Å². The van der Waals surface area contributed by atoms with E-state index in [0.717, 1.165) is 5.56 Å². The number of anilines is 1. The van der Waals surface area contributed by atoms with Crippen LogP contribution in [0.5, 0.6) is 0 Å². The van der Waals surface area contributed by atoms with E-state index in [1.54, 1.807) is 12.1 Å². The summed E-state index contributed by atoms with van der Waals surface area (Å²) in [4.78, 5) is 28.0. The van der Waals surface area contributed by atoms with Crippen LogP contribution in [0.25, 0.3) is 22.1 Å². The number of hydrogen-bond donors (Lipinski definition) is 1. The molecule has 0 saturated carbocycles. The lowest BCUT2D eigenvalue weighted by molar-refractivity contribution is 0.108. The third-order valence-electron chi connectivity index (χ3n) is 3.59. The fraction of sp³-hybridized carbons (Fsp3) is 0.188. The highest BCUT2D eigenvalue weighted by molar-refractivity contribution is 6.68. The monoisotopic (exact) mass is 316 g/mol. The molecule has 6 heteroatoms. The second-order valence-corrected chi connectivity index (χ2v) is 5.73. The van der Waals surface area contributed by atoms with Crippen molar-refractivity contribution in [3.05, 3.63) is 45.6 Å². The highest BCUT2D eigenvalue weighted by Crippen LogP contribution is 2.24. The largest absolute Gasteiger partial charge is 0.437 e. The second-order valence-electron chi connectivity index (χ2n) is 5.39. The van der Waals surface area contributed by atoms with Crippen molar-refractivity contribution in [3.8, 4) is 0 Å². The SMILES string of the molecule is CC(C)c1ccc2oc3nc(N)c(C(=O)Cl)cc3c(=O)c2c1. The van der Waals surface area contributed by atoms with Crippen molar-refractivity contribution >= 4 is 44.7 Å². The Morgan fingerprint density at radius 3 is 2.64 bits per heavy atom. The maximum atomic E-state index is 12.7. The third kappa shape index (κ3) is 2.23. The van der Waals surface area contributed by atoms with Gasteiger partial charge in [-0.15, -0.1) is 0 Å². The number of hydrogen-bond acceptors (Lipinski definition) is 5. The van der Waals surface area contributed by atoms with Gasteiger partial charge in [-0.1, -0.05) is 19.9 Å². The van der Waals surface area contributed by atoms with Gasteiger partial charge >= 0.3 is 0 Å². The van der Waals surface area contributed by atoms with Crippen molar-refractivity contribution in [3.63, 3.8) is 0 Å². The van der Waals surface area contributed by atoms with E-state index < -0.39 is 5.24 Å². The summed E-state index contributed by atoms with van der Waals surface area (Å²) in [6, 6.07) is 6.77. The minimum atomic E-state index is -0.762. The van der Waals surface area contributed by atoms with E-state index in [2.05, 4.69) is 4.98 Å². The summed E-state index contributed by atoms with van der Waals surface area (Å²) in [5.74, 6) is 0.220. The minimum Gasteiger partial charge on any atom is -0.437 e. The normalized spacial score (nSPS) is 11.5. The quantitative estimate of drug-likeness (QED) is 0.578. The molecule has 0 saturated heterocycles. The van der Waals surface area contributed by atoms with Crippen LogP contribution >= 0.6 is 11.6 Å². The molecule has 0 unspecified atom stereocenters. The molecule has 1 aromatic carbocycles. The van der Waals surface area contributed by atoms with Crippen LogP contribution in [-0.2, 0) is 0 Å². The molecule has 2 heterocycles. The van der Waals surface area contributed by atoms with Crippen molar-refractivity contribution < 1.29 is 9.21 Å². The van der Waals surface area contributed by atoms with Crippen molar-refractivity contribution in [2.24, 2.45) is 0 Å². The number of carbonyl (C=O) groups is 1. The van der Waals surface area contributed by atoms with Crippen molar-refractivity contribution in [2.75, 3.05) is 5.73 Å². The van der Waals surface area contributed by atoms with E-state index in [4.69, 9.17) is 21.8 Å². The van der Waals surface area contributed by atoms with Crippen LogP contribution in [0.4, 0.5) is 5.82 Å². The average Bonchev–Trinajstić information content (AvgIpc) is 2.46. The van der Waals surface area contributed by atoms with E-state index in [-0.39, 0.29) is 33.8 Å². The molecule has 3 aromatic rings. The van der Waals surface area contributed by atoms with Gasteiger partial charge in [0.1, 0.15) is 11.4 Å². The van der Waals surface area contributed by atoms with Crippen molar-refractivity contribution in [2.45, 2.75) is 19.8 Å². The Labute approximate surface area is 130 Å². The zero-order valence-electron chi connectivity index (χ0n) is 12.0. The number of nitrogen functional groups attached to an aromatic ring is 1. The first-order valence-corrected chi connectivity index (χ1v) is 7.13. The second kappa shape index (κ2) is 5.10. The fourth-order valence-electron chi connectivity index (χ4n) is 2.33. The fourth-order valence-corrected chi connectivity index (χ4v) is 2.48. The average molecular weight is 317 g/mol. The van der Waals surface area contributed by atoms with Gasteiger partial charge in [-0.3, -0.25) is 9.59 Å². The van der Waals surface area contributed by atoms with E-state index in [1.807, 2.05) is 19.9 Å². The summed E-state index contributed by atoms with van der Waals surface area (Å²) in [7, 11) is 0. The molecule has 0 amide bonds. The number of fused-ring (bicyclic) bond motifs is 2. The van der Waals surface area contributed by atoms with Crippen LogP contribution in [0.2, 0.25) is 0 Å². The van der Waals surface area contributed by atoms with E-state index >= 15 is 0 Å². The number of aromatic nitrogens is 1. The smallest absolute Gasteiger partial charge is 0.256 e. The zero-order valence-corrected chi connectivity index (χ0v) is 12.8. The first-order chi connectivity index (χ1) is 10.4. The Balaban J connectivity index is 2.43. The Bertz CT molecular complexity index is 976. The molecule has 0 radical (unpaired) electrons. The summed E-state index contributed by atoms with van der Waals surface area (Å²) < 4.78 is 5.63.